The Bertz CT molecular complexity index is 865. The van der Waals surface area contributed by atoms with Gasteiger partial charge in [0.2, 0.25) is 5.91 Å². The fourth-order valence-electron chi connectivity index (χ4n) is 3.64. The van der Waals surface area contributed by atoms with Crippen LogP contribution in [-0.4, -0.2) is 63.4 Å². The van der Waals surface area contributed by atoms with Crippen LogP contribution < -0.4 is 19.7 Å². The maximum atomic E-state index is 12.7. The summed E-state index contributed by atoms with van der Waals surface area (Å²) in [6, 6.07) is 13.6. The molecule has 2 aliphatic rings. The molecule has 0 aromatic heterocycles. The van der Waals surface area contributed by atoms with Gasteiger partial charge in [-0.3, -0.25) is 9.69 Å². The molecule has 0 spiro atoms. The normalized spacial score (nSPS) is 17.0. The molecule has 160 valence electrons. The number of ether oxygens (including phenoxy) is 3. The maximum absolute atomic E-state index is 12.7. The first-order chi connectivity index (χ1) is 14.6. The summed E-state index contributed by atoms with van der Waals surface area (Å²) in [6.07, 6.45) is 0. The van der Waals surface area contributed by atoms with E-state index in [0.717, 1.165) is 54.7 Å². The minimum absolute atomic E-state index is 0.0332. The Morgan fingerprint density at radius 3 is 2.47 bits per heavy atom. The molecule has 0 saturated carbocycles. The topological polar surface area (TPSA) is 63.3 Å². The molecule has 7 heteroatoms. The molecule has 1 unspecified atom stereocenters. The Morgan fingerprint density at radius 1 is 1.03 bits per heavy atom. The Labute approximate surface area is 177 Å². The van der Waals surface area contributed by atoms with Crippen LogP contribution in [0.2, 0.25) is 0 Å². The lowest BCUT2D eigenvalue weighted by Gasteiger charge is -2.29. The van der Waals surface area contributed by atoms with E-state index in [0.29, 0.717) is 19.8 Å². The molecule has 4 rings (SSSR count). The average molecular weight is 412 g/mol. The number of nitrogens with zero attached hydrogens (tertiary/aromatic N) is 2. The number of hydrogen-bond donors (Lipinski definition) is 1. The van der Waals surface area contributed by atoms with E-state index in [1.807, 2.05) is 61.3 Å². The van der Waals surface area contributed by atoms with E-state index in [1.165, 1.54) is 0 Å². The second-order valence-electron chi connectivity index (χ2n) is 7.70. The van der Waals surface area contributed by atoms with Crippen LogP contribution in [0.15, 0.2) is 42.5 Å². The van der Waals surface area contributed by atoms with Gasteiger partial charge in [0.25, 0.3) is 0 Å². The number of benzene rings is 2. The molecule has 30 heavy (non-hydrogen) atoms. The van der Waals surface area contributed by atoms with Gasteiger partial charge < -0.3 is 24.4 Å². The summed E-state index contributed by atoms with van der Waals surface area (Å²) < 4.78 is 16.6. The Kier molecular flexibility index (Phi) is 6.40. The summed E-state index contributed by atoms with van der Waals surface area (Å²) in [5.74, 6) is 1.51. The highest BCUT2D eigenvalue weighted by atomic mass is 16.6. The molecule has 1 saturated heterocycles. The number of fused-ring (bicyclic) bond motifs is 1. The number of nitrogens with one attached hydrogen (secondary N) is 1. The number of rotatable bonds is 6. The Hall–Kier alpha value is -2.77. The molecule has 2 aromatic rings. The number of amides is 1. The van der Waals surface area contributed by atoms with Gasteiger partial charge >= 0.3 is 0 Å². The van der Waals surface area contributed by atoms with Crippen molar-refractivity contribution in [2.45, 2.75) is 19.5 Å². The third-order valence-corrected chi connectivity index (χ3v) is 5.59. The predicted octanol–water partition coefficient (Wildman–Crippen LogP) is 2.75. The fraction of sp³-hybridized carbons (Fsp3) is 0.435. The molecule has 1 fully saturated rings. The second-order valence-corrected chi connectivity index (χ2v) is 7.70. The summed E-state index contributed by atoms with van der Waals surface area (Å²) in [7, 11) is 1.95. The van der Waals surface area contributed by atoms with Crippen LogP contribution in [-0.2, 0) is 16.1 Å². The first-order valence-electron chi connectivity index (χ1n) is 10.4. The van der Waals surface area contributed by atoms with Crippen LogP contribution in [0.4, 0.5) is 11.4 Å². The summed E-state index contributed by atoms with van der Waals surface area (Å²) in [6.45, 7) is 7.00. The Balaban J connectivity index is 1.32. The zero-order chi connectivity index (χ0) is 20.9. The quantitative estimate of drug-likeness (QED) is 0.789. The standard InChI is InChI=1S/C23H29N3O4/c1-17(25(2)16-18-3-8-21-22(15-18)30-14-13-29-21)23(27)24-19-4-6-20(7-5-19)26-9-11-28-12-10-26/h3-8,15,17H,9-14,16H2,1-2H3,(H,24,27). The minimum atomic E-state index is -0.280. The maximum Gasteiger partial charge on any atom is 0.241 e. The zero-order valence-corrected chi connectivity index (χ0v) is 17.6. The van der Waals surface area contributed by atoms with Gasteiger partial charge in [-0.15, -0.1) is 0 Å². The van der Waals surface area contributed by atoms with E-state index in [2.05, 4.69) is 10.2 Å². The molecule has 0 bridgehead atoms. The summed E-state index contributed by atoms with van der Waals surface area (Å²) in [5, 5.41) is 3.02. The number of hydrogen-bond acceptors (Lipinski definition) is 6. The molecule has 1 atom stereocenters. The minimum Gasteiger partial charge on any atom is -0.486 e. The highest BCUT2D eigenvalue weighted by molar-refractivity contribution is 5.94. The number of carbonyl (C=O) groups excluding carboxylic acids is 1. The fourth-order valence-corrected chi connectivity index (χ4v) is 3.64. The average Bonchev–Trinajstić information content (AvgIpc) is 2.79. The molecule has 0 aliphatic carbocycles. The van der Waals surface area contributed by atoms with Crippen LogP contribution in [0.25, 0.3) is 0 Å². The van der Waals surface area contributed by atoms with Gasteiger partial charge in [-0.2, -0.15) is 0 Å². The van der Waals surface area contributed by atoms with Crippen molar-refractivity contribution >= 4 is 17.3 Å². The van der Waals surface area contributed by atoms with Crippen molar-refractivity contribution in [3.8, 4) is 11.5 Å². The largest absolute Gasteiger partial charge is 0.486 e. The third-order valence-electron chi connectivity index (χ3n) is 5.59. The van der Waals surface area contributed by atoms with Crippen molar-refractivity contribution in [1.82, 2.24) is 4.90 Å². The van der Waals surface area contributed by atoms with Crippen LogP contribution in [0.1, 0.15) is 12.5 Å². The SMILES string of the molecule is CC(C(=O)Nc1ccc(N2CCOCC2)cc1)N(C)Cc1ccc2c(c1)OCCO2. The van der Waals surface area contributed by atoms with Crippen molar-refractivity contribution in [2.75, 3.05) is 56.8 Å². The lowest BCUT2D eigenvalue weighted by Crippen LogP contribution is -2.39. The highest BCUT2D eigenvalue weighted by Gasteiger charge is 2.20. The van der Waals surface area contributed by atoms with Gasteiger partial charge in [-0.1, -0.05) is 6.07 Å². The third kappa shape index (κ3) is 4.86. The van der Waals surface area contributed by atoms with Gasteiger partial charge in [-0.05, 0) is 55.9 Å². The van der Waals surface area contributed by atoms with Crippen molar-refractivity contribution in [3.63, 3.8) is 0 Å². The van der Waals surface area contributed by atoms with Crippen molar-refractivity contribution in [3.05, 3.63) is 48.0 Å². The zero-order valence-electron chi connectivity index (χ0n) is 17.6. The lowest BCUT2D eigenvalue weighted by atomic mass is 10.1. The first-order valence-corrected chi connectivity index (χ1v) is 10.4. The van der Waals surface area contributed by atoms with Crippen LogP contribution in [0, 0.1) is 0 Å². The van der Waals surface area contributed by atoms with Gasteiger partial charge in [0.05, 0.1) is 19.3 Å². The molecule has 0 radical (unpaired) electrons. The molecule has 7 nitrogen and oxygen atoms in total. The van der Waals surface area contributed by atoms with Gasteiger partial charge in [0.15, 0.2) is 11.5 Å². The van der Waals surface area contributed by atoms with Gasteiger partial charge in [-0.25, -0.2) is 0 Å². The first kappa shape index (κ1) is 20.5. The lowest BCUT2D eigenvalue weighted by molar-refractivity contribution is -0.120. The van der Waals surface area contributed by atoms with E-state index in [9.17, 15) is 4.79 Å². The number of anilines is 2. The van der Waals surface area contributed by atoms with Crippen LogP contribution >= 0.6 is 0 Å². The summed E-state index contributed by atoms with van der Waals surface area (Å²) in [5.41, 5.74) is 3.04. The number of likely N-dealkylation sites (N-methyl/N-ethyl adjacent to an activating group) is 1. The molecule has 2 aromatic carbocycles. The van der Waals surface area contributed by atoms with Crippen molar-refractivity contribution in [2.24, 2.45) is 0 Å². The van der Waals surface area contributed by atoms with E-state index >= 15 is 0 Å². The second kappa shape index (κ2) is 9.36. The Morgan fingerprint density at radius 2 is 1.73 bits per heavy atom. The summed E-state index contributed by atoms with van der Waals surface area (Å²) in [4.78, 5) is 17.0. The monoisotopic (exact) mass is 411 g/mol. The van der Waals surface area contributed by atoms with Gasteiger partial charge in [0, 0.05) is 31.0 Å². The molecule has 2 heterocycles. The molecule has 1 amide bonds. The molecular formula is C23H29N3O4. The van der Waals surface area contributed by atoms with Gasteiger partial charge in [0.1, 0.15) is 13.2 Å². The summed E-state index contributed by atoms with van der Waals surface area (Å²) >= 11 is 0. The molecular weight excluding hydrogens is 382 g/mol. The highest BCUT2D eigenvalue weighted by Crippen LogP contribution is 2.31. The van der Waals surface area contributed by atoms with Crippen molar-refractivity contribution in [1.29, 1.82) is 0 Å². The molecule has 2 aliphatic heterocycles. The number of morpholine rings is 1. The molecule has 1 N–H and O–H groups in total. The van der Waals surface area contributed by atoms with Crippen LogP contribution in [0.5, 0.6) is 11.5 Å². The van der Waals surface area contributed by atoms with E-state index in [4.69, 9.17) is 14.2 Å². The smallest absolute Gasteiger partial charge is 0.241 e. The number of carbonyl (C=O) groups is 1. The van der Waals surface area contributed by atoms with Crippen LogP contribution in [0.3, 0.4) is 0 Å². The van der Waals surface area contributed by atoms with E-state index in [-0.39, 0.29) is 11.9 Å². The van der Waals surface area contributed by atoms with Crippen molar-refractivity contribution < 1.29 is 19.0 Å². The van der Waals surface area contributed by atoms with E-state index < -0.39 is 0 Å². The van der Waals surface area contributed by atoms with E-state index in [1.54, 1.807) is 0 Å². The predicted molar refractivity (Wildman–Crippen MR) is 116 cm³/mol.